The summed E-state index contributed by atoms with van der Waals surface area (Å²) in [5.41, 5.74) is 0.186. The van der Waals surface area contributed by atoms with Crippen molar-refractivity contribution in [2.75, 3.05) is 0 Å². The third-order valence-corrected chi connectivity index (χ3v) is 1.71. The lowest BCUT2D eigenvalue weighted by Gasteiger charge is -2.02. The second-order valence-corrected chi connectivity index (χ2v) is 2.40. The summed E-state index contributed by atoms with van der Waals surface area (Å²) in [6.07, 6.45) is 0. The van der Waals surface area contributed by atoms with Crippen molar-refractivity contribution < 1.29 is 13.2 Å². The first-order chi connectivity index (χ1) is 6.04. The van der Waals surface area contributed by atoms with Gasteiger partial charge in [0.1, 0.15) is 5.82 Å². The van der Waals surface area contributed by atoms with Gasteiger partial charge in [0, 0.05) is 6.07 Å². The van der Waals surface area contributed by atoms with Gasteiger partial charge in [-0.15, -0.1) is 0 Å². The highest BCUT2D eigenvalue weighted by Crippen LogP contribution is 2.17. The molecule has 3 heteroatoms. The summed E-state index contributed by atoms with van der Waals surface area (Å²) in [5.74, 6) is -2.81. The van der Waals surface area contributed by atoms with Gasteiger partial charge in [-0.3, -0.25) is 0 Å². The van der Waals surface area contributed by atoms with Crippen molar-refractivity contribution in [1.82, 2.24) is 0 Å². The minimum Gasteiger partial charge on any atom is -0.207 e. The van der Waals surface area contributed by atoms with Gasteiger partial charge in [-0.05, 0) is 25.0 Å². The minimum absolute atomic E-state index is 0.0301. The fourth-order valence-electron chi connectivity index (χ4n) is 0.806. The van der Waals surface area contributed by atoms with E-state index in [9.17, 15) is 13.2 Å². The molecule has 0 aliphatic heterocycles. The lowest BCUT2D eigenvalue weighted by molar-refractivity contribution is 0.486. The van der Waals surface area contributed by atoms with E-state index in [1.54, 1.807) is 0 Å². The molecule has 0 fully saturated rings. The molecule has 0 unspecified atom stereocenters. The summed E-state index contributed by atoms with van der Waals surface area (Å²) in [6, 6.07) is 0.553. The molecule has 0 aliphatic rings. The Morgan fingerprint density at radius 1 is 0.846 bits per heavy atom. The maximum absolute atomic E-state index is 12.6. The fourth-order valence-corrected chi connectivity index (χ4v) is 0.806. The third-order valence-electron chi connectivity index (χ3n) is 1.71. The first kappa shape index (κ1) is 12.0. The zero-order valence-corrected chi connectivity index (χ0v) is 8.21. The van der Waals surface area contributed by atoms with E-state index in [2.05, 4.69) is 0 Å². The molecule has 1 rings (SSSR count). The molecule has 0 heterocycles. The maximum Gasteiger partial charge on any atom is 0.162 e. The summed E-state index contributed by atoms with van der Waals surface area (Å²) in [5, 5.41) is 0. The van der Waals surface area contributed by atoms with Crippen LogP contribution in [-0.4, -0.2) is 0 Å². The monoisotopic (exact) mass is 190 g/mol. The van der Waals surface area contributed by atoms with Crippen LogP contribution in [0, 0.1) is 31.3 Å². The number of hydrogen-bond donors (Lipinski definition) is 0. The van der Waals surface area contributed by atoms with Gasteiger partial charge in [-0.1, -0.05) is 13.8 Å². The van der Waals surface area contributed by atoms with Gasteiger partial charge in [0.25, 0.3) is 0 Å². The molecule has 74 valence electrons. The second kappa shape index (κ2) is 4.90. The van der Waals surface area contributed by atoms with Crippen molar-refractivity contribution in [3.05, 3.63) is 34.6 Å². The molecular formula is C10H13F3. The molecule has 0 aromatic heterocycles. The number of halogens is 3. The molecule has 0 radical (unpaired) electrons. The van der Waals surface area contributed by atoms with E-state index in [-0.39, 0.29) is 11.1 Å². The standard InChI is InChI=1S/C8H7F3.C2H6/c1-4-5(2)8(11)7(10)3-6(4)9;1-2/h3H,1-2H3;1-2H3. The zero-order chi connectivity index (χ0) is 10.6. The molecule has 0 saturated carbocycles. The first-order valence-electron chi connectivity index (χ1n) is 4.14. The molecule has 13 heavy (non-hydrogen) atoms. The molecule has 0 nitrogen and oxygen atoms in total. The van der Waals surface area contributed by atoms with E-state index < -0.39 is 17.5 Å². The third kappa shape index (κ3) is 2.47. The molecule has 0 atom stereocenters. The highest BCUT2D eigenvalue weighted by molar-refractivity contribution is 5.28. The Morgan fingerprint density at radius 3 is 1.77 bits per heavy atom. The van der Waals surface area contributed by atoms with Crippen molar-refractivity contribution in [3.8, 4) is 0 Å². The van der Waals surface area contributed by atoms with Crippen LogP contribution in [0.5, 0.6) is 0 Å². The largest absolute Gasteiger partial charge is 0.207 e. The fraction of sp³-hybridized carbons (Fsp3) is 0.400. The predicted octanol–water partition coefficient (Wildman–Crippen LogP) is 3.75. The Labute approximate surface area is 76.4 Å². The summed E-state index contributed by atoms with van der Waals surface area (Å²) in [7, 11) is 0. The van der Waals surface area contributed by atoms with Crippen molar-refractivity contribution >= 4 is 0 Å². The Balaban J connectivity index is 0.000000671. The van der Waals surface area contributed by atoms with E-state index in [0.717, 1.165) is 0 Å². The van der Waals surface area contributed by atoms with E-state index in [1.807, 2.05) is 13.8 Å². The van der Waals surface area contributed by atoms with Gasteiger partial charge < -0.3 is 0 Å². The molecule has 0 spiro atoms. The van der Waals surface area contributed by atoms with Gasteiger partial charge >= 0.3 is 0 Å². The Hall–Kier alpha value is -0.990. The van der Waals surface area contributed by atoms with Gasteiger partial charge in [0.15, 0.2) is 11.6 Å². The van der Waals surface area contributed by atoms with E-state index in [4.69, 9.17) is 0 Å². The summed E-state index contributed by atoms with van der Waals surface area (Å²) in [6.45, 7) is 6.75. The molecule has 0 amide bonds. The van der Waals surface area contributed by atoms with Gasteiger partial charge in [-0.25, -0.2) is 13.2 Å². The van der Waals surface area contributed by atoms with Crippen LogP contribution in [0.1, 0.15) is 25.0 Å². The topological polar surface area (TPSA) is 0 Å². The Morgan fingerprint density at radius 2 is 1.31 bits per heavy atom. The van der Waals surface area contributed by atoms with Crippen LogP contribution in [0.2, 0.25) is 0 Å². The van der Waals surface area contributed by atoms with Gasteiger partial charge in [0.05, 0.1) is 0 Å². The molecule has 0 aliphatic carbocycles. The van der Waals surface area contributed by atoms with Crippen LogP contribution in [0.15, 0.2) is 6.07 Å². The van der Waals surface area contributed by atoms with Crippen molar-refractivity contribution in [1.29, 1.82) is 0 Å². The second-order valence-electron chi connectivity index (χ2n) is 2.40. The van der Waals surface area contributed by atoms with Crippen molar-refractivity contribution in [2.45, 2.75) is 27.7 Å². The lowest BCUT2D eigenvalue weighted by Crippen LogP contribution is -1.96. The smallest absolute Gasteiger partial charge is 0.162 e. The predicted molar refractivity (Wildman–Crippen MR) is 47.1 cm³/mol. The highest BCUT2D eigenvalue weighted by atomic mass is 19.2. The quantitative estimate of drug-likeness (QED) is 0.546. The van der Waals surface area contributed by atoms with Crippen molar-refractivity contribution in [3.63, 3.8) is 0 Å². The van der Waals surface area contributed by atoms with Crippen LogP contribution in [-0.2, 0) is 0 Å². The first-order valence-corrected chi connectivity index (χ1v) is 4.14. The highest BCUT2D eigenvalue weighted by Gasteiger charge is 2.11. The molecule has 0 saturated heterocycles. The average molecular weight is 190 g/mol. The number of benzene rings is 1. The number of rotatable bonds is 0. The zero-order valence-electron chi connectivity index (χ0n) is 8.21. The van der Waals surface area contributed by atoms with Crippen LogP contribution in [0.3, 0.4) is 0 Å². The van der Waals surface area contributed by atoms with Crippen LogP contribution < -0.4 is 0 Å². The summed E-state index contributed by atoms with van der Waals surface area (Å²) < 4.78 is 37.6. The minimum atomic E-state index is -1.13. The molecule has 0 bridgehead atoms. The van der Waals surface area contributed by atoms with Crippen LogP contribution in [0.4, 0.5) is 13.2 Å². The summed E-state index contributed by atoms with van der Waals surface area (Å²) in [4.78, 5) is 0. The molecular weight excluding hydrogens is 177 g/mol. The SMILES string of the molecule is CC.Cc1c(F)cc(F)c(F)c1C. The van der Waals surface area contributed by atoms with Crippen LogP contribution >= 0.6 is 0 Å². The lowest BCUT2D eigenvalue weighted by atomic mass is 10.1. The normalized spacial score (nSPS) is 9.15. The molecule has 0 N–H and O–H groups in total. The molecule has 1 aromatic carbocycles. The number of hydrogen-bond acceptors (Lipinski definition) is 0. The molecule has 1 aromatic rings. The maximum atomic E-state index is 12.6. The summed E-state index contributed by atoms with van der Waals surface area (Å²) >= 11 is 0. The van der Waals surface area contributed by atoms with Crippen molar-refractivity contribution in [2.24, 2.45) is 0 Å². The van der Waals surface area contributed by atoms with E-state index in [0.29, 0.717) is 6.07 Å². The van der Waals surface area contributed by atoms with E-state index in [1.165, 1.54) is 13.8 Å². The Kier molecular flexibility index (Phi) is 4.52. The van der Waals surface area contributed by atoms with Gasteiger partial charge in [-0.2, -0.15) is 0 Å². The Bertz CT molecular complexity index is 266. The van der Waals surface area contributed by atoms with Gasteiger partial charge in [0.2, 0.25) is 0 Å². The van der Waals surface area contributed by atoms with E-state index >= 15 is 0 Å². The van der Waals surface area contributed by atoms with Crippen LogP contribution in [0.25, 0.3) is 0 Å². The average Bonchev–Trinajstić information content (AvgIpc) is 2.15.